The van der Waals surface area contributed by atoms with Crippen LogP contribution in [0.25, 0.3) is 0 Å². The van der Waals surface area contributed by atoms with Crippen LogP contribution in [-0.4, -0.2) is 17.6 Å². The van der Waals surface area contributed by atoms with Gasteiger partial charge in [0.1, 0.15) is 11.3 Å². The van der Waals surface area contributed by atoms with Crippen LogP contribution >= 0.6 is 23.2 Å². The second kappa shape index (κ2) is 7.89. The molecule has 3 rings (SSSR count). The van der Waals surface area contributed by atoms with Crippen molar-refractivity contribution in [2.24, 2.45) is 12.8 Å². The molecule has 1 unspecified atom stereocenters. The van der Waals surface area contributed by atoms with E-state index in [-0.39, 0.29) is 17.0 Å². The highest BCUT2D eigenvalue weighted by atomic mass is 35.5. The number of benzene rings is 1. The first-order chi connectivity index (χ1) is 13.3. The van der Waals surface area contributed by atoms with Crippen LogP contribution in [0.3, 0.4) is 0 Å². The third kappa shape index (κ3) is 3.38. The molecule has 1 aromatic heterocycles. The predicted molar refractivity (Wildman–Crippen MR) is 108 cm³/mol. The van der Waals surface area contributed by atoms with Crippen molar-refractivity contribution in [1.29, 1.82) is 0 Å². The topological polar surface area (TPSA) is 83.5 Å². The van der Waals surface area contributed by atoms with Gasteiger partial charge in [-0.25, -0.2) is 4.79 Å². The van der Waals surface area contributed by atoms with Crippen molar-refractivity contribution < 1.29 is 14.3 Å². The maximum atomic E-state index is 13.2. The van der Waals surface area contributed by atoms with Crippen LogP contribution in [0.1, 0.15) is 36.1 Å². The number of methoxy groups -OCH3 is 1. The highest BCUT2D eigenvalue weighted by molar-refractivity contribution is 6.42. The molecule has 0 amide bonds. The number of pyridine rings is 1. The summed E-state index contributed by atoms with van der Waals surface area (Å²) in [5, 5.41) is 0.662. The lowest BCUT2D eigenvalue weighted by molar-refractivity contribution is -0.136. The molecule has 0 saturated carbocycles. The van der Waals surface area contributed by atoms with Gasteiger partial charge in [0.2, 0.25) is 5.88 Å². The van der Waals surface area contributed by atoms with E-state index in [0.717, 1.165) is 12.1 Å². The average molecular weight is 423 g/mol. The molecule has 1 aromatic carbocycles. The number of ether oxygens (including phenoxy) is 2. The number of nitrogens with two attached hydrogens (primary N) is 1. The summed E-state index contributed by atoms with van der Waals surface area (Å²) in [6.45, 7) is 2.02. The molecule has 0 fully saturated rings. The number of hydrogen-bond donors (Lipinski definition) is 1. The number of nitrogens with zero attached hydrogens (tertiary/aromatic N) is 1. The van der Waals surface area contributed by atoms with Gasteiger partial charge in [-0.2, -0.15) is 0 Å². The molecule has 2 heterocycles. The lowest BCUT2D eigenvalue weighted by atomic mass is 9.83. The van der Waals surface area contributed by atoms with Gasteiger partial charge in [0.25, 0.3) is 5.56 Å². The standard InChI is InChI=1S/C20H20Cl2N2O4/c1-4-5-11-9-14-16(19(25)24(11)2)15(10-6-7-12(21)13(22)8-10)17(18(23)28-14)20(26)27-3/h6-9,15H,4-5,23H2,1-3H3. The molecule has 2 N–H and O–H groups in total. The Balaban J connectivity index is 2.33. The predicted octanol–water partition coefficient (Wildman–Crippen LogP) is 3.51. The third-order valence-corrected chi connectivity index (χ3v) is 5.52. The quantitative estimate of drug-likeness (QED) is 0.761. The first kappa shape index (κ1) is 20.3. The highest BCUT2D eigenvalue weighted by Gasteiger charge is 2.38. The Bertz CT molecular complexity index is 1040. The Kier molecular flexibility index (Phi) is 5.72. The van der Waals surface area contributed by atoms with Crippen molar-refractivity contribution in [2.75, 3.05) is 7.11 Å². The number of carbonyl (C=O) groups is 1. The van der Waals surface area contributed by atoms with Crippen molar-refractivity contribution in [3.8, 4) is 5.75 Å². The van der Waals surface area contributed by atoms with Gasteiger partial charge < -0.3 is 19.8 Å². The van der Waals surface area contributed by atoms with E-state index in [1.54, 1.807) is 35.9 Å². The molecule has 1 aliphatic heterocycles. The van der Waals surface area contributed by atoms with Crippen LogP contribution in [0.4, 0.5) is 0 Å². The summed E-state index contributed by atoms with van der Waals surface area (Å²) in [4.78, 5) is 25.7. The molecule has 148 valence electrons. The zero-order valence-electron chi connectivity index (χ0n) is 15.7. The van der Waals surface area contributed by atoms with Crippen LogP contribution in [0, 0.1) is 0 Å². The van der Waals surface area contributed by atoms with Gasteiger partial charge in [0.05, 0.1) is 28.6 Å². The van der Waals surface area contributed by atoms with Gasteiger partial charge in [-0.05, 0) is 24.1 Å². The number of fused-ring (bicyclic) bond motifs is 1. The lowest BCUT2D eigenvalue weighted by Crippen LogP contribution is -2.34. The molecule has 0 bridgehead atoms. The second-order valence-electron chi connectivity index (χ2n) is 6.51. The van der Waals surface area contributed by atoms with Crippen molar-refractivity contribution in [3.05, 3.63) is 72.9 Å². The minimum atomic E-state index is -0.791. The van der Waals surface area contributed by atoms with Gasteiger partial charge in [-0.1, -0.05) is 42.6 Å². The first-order valence-corrected chi connectivity index (χ1v) is 9.49. The summed E-state index contributed by atoms with van der Waals surface area (Å²) in [6, 6.07) is 6.70. The molecule has 0 aliphatic carbocycles. The normalized spacial score (nSPS) is 15.8. The summed E-state index contributed by atoms with van der Waals surface area (Å²) in [6.07, 6.45) is 1.56. The molecule has 0 spiro atoms. The third-order valence-electron chi connectivity index (χ3n) is 4.78. The summed E-state index contributed by atoms with van der Waals surface area (Å²) >= 11 is 12.2. The van der Waals surface area contributed by atoms with Gasteiger partial charge in [-0.3, -0.25) is 4.79 Å². The molecule has 0 saturated heterocycles. The van der Waals surface area contributed by atoms with Gasteiger partial charge in [0, 0.05) is 18.8 Å². The van der Waals surface area contributed by atoms with Crippen molar-refractivity contribution in [1.82, 2.24) is 4.57 Å². The van der Waals surface area contributed by atoms with Crippen molar-refractivity contribution >= 4 is 29.2 Å². The monoisotopic (exact) mass is 422 g/mol. The average Bonchev–Trinajstić information content (AvgIpc) is 2.66. The van der Waals surface area contributed by atoms with Crippen molar-refractivity contribution in [3.63, 3.8) is 0 Å². The fraction of sp³-hybridized carbons (Fsp3) is 0.300. The Morgan fingerprint density at radius 1 is 1.29 bits per heavy atom. The number of halogens is 2. The van der Waals surface area contributed by atoms with Crippen LogP contribution in [-0.2, 0) is 23.0 Å². The van der Waals surface area contributed by atoms with Crippen LogP contribution in [0.15, 0.2) is 40.5 Å². The fourth-order valence-electron chi connectivity index (χ4n) is 3.40. The smallest absolute Gasteiger partial charge is 0.340 e. The highest BCUT2D eigenvalue weighted by Crippen LogP contribution is 2.42. The van der Waals surface area contributed by atoms with Crippen LogP contribution in [0.2, 0.25) is 10.0 Å². The van der Waals surface area contributed by atoms with Crippen molar-refractivity contribution in [2.45, 2.75) is 25.7 Å². The number of aryl methyl sites for hydroxylation is 1. The maximum absolute atomic E-state index is 13.2. The van der Waals surface area contributed by atoms with E-state index in [9.17, 15) is 9.59 Å². The van der Waals surface area contributed by atoms with E-state index in [1.165, 1.54) is 7.11 Å². The number of carbonyl (C=O) groups excluding carboxylic acids is 1. The summed E-state index contributed by atoms with van der Waals surface area (Å²) < 4.78 is 12.1. The maximum Gasteiger partial charge on any atom is 0.340 e. The number of aromatic nitrogens is 1. The molecular weight excluding hydrogens is 403 g/mol. The number of esters is 1. The Morgan fingerprint density at radius 2 is 2.00 bits per heavy atom. The first-order valence-electron chi connectivity index (χ1n) is 8.73. The molecule has 0 radical (unpaired) electrons. The van der Waals surface area contributed by atoms with Gasteiger partial charge >= 0.3 is 5.97 Å². The SMILES string of the molecule is CCCc1cc2c(c(=O)n1C)C(c1ccc(Cl)c(Cl)c1)C(C(=O)OC)=C(N)O2. The summed E-state index contributed by atoms with van der Waals surface area (Å²) in [5.74, 6) is -1.25. The van der Waals surface area contributed by atoms with Gasteiger partial charge in [-0.15, -0.1) is 0 Å². The largest absolute Gasteiger partial charge is 0.465 e. The van der Waals surface area contributed by atoms with Crippen LogP contribution < -0.4 is 16.0 Å². The minimum absolute atomic E-state index is 0.0498. The van der Waals surface area contributed by atoms with E-state index in [0.29, 0.717) is 33.3 Å². The Morgan fingerprint density at radius 3 is 2.61 bits per heavy atom. The molecule has 8 heteroatoms. The van der Waals surface area contributed by atoms with Gasteiger partial charge in [0.15, 0.2) is 0 Å². The van der Waals surface area contributed by atoms with Crippen LogP contribution in [0.5, 0.6) is 5.75 Å². The molecule has 1 aliphatic rings. The lowest BCUT2D eigenvalue weighted by Gasteiger charge is -2.29. The molecular formula is C20H20Cl2N2O4. The summed E-state index contributed by atoms with van der Waals surface area (Å²) in [5.41, 5.74) is 7.54. The minimum Gasteiger partial charge on any atom is -0.465 e. The molecule has 28 heavy (non-hydrogen) atoms. The molecule has 6 nitrogen and oxygen atoms in total. The zero-order chi connectivity index (χ0) is 20.6. The van der Waals surface area contributed by atoms with E-state index >= 15 is 0 Å². The fourth-order valence-corrected chi connectivity index (χ4v) is 3.71. The van der Waals surface area contributed by atoms with E-state index < -0.39 is 11.9 Å². The van der Waals surface area contributed by atoms with E-state index in [1.807, 2.05) is 6.92 Å². The Labute approximate surface area is 172 Å². The second-order valence-corrected chi connectivity index (χ2v) is 7.32. The number of hydrogen-bond acceptors (Lipinski definition) is 5. The molecule has 2 aromatic rings. The zero-order valence-corrected chi connectivity index (χ0v) is 17.2. The van der Waals surface area contributed by atoms with E-state index in [2.05, 4.69) is 0 Å². The molecule has 1 atom stereocenters. The van der Waals surface area contributed by atoms with E-state index in [4.69, 9.17) is 38.4 Å². The Hall–Kier alpha value is -2.44. The summed E-state index contributed by atoms with van der Waals surface area (Å²) in [7, 11) is 2.94. The number of rotatable bonds is 4.